The van der Waals surface area contributed by atoms with Gasteiger partial charge in [-0.15, -0.1) is 0 Å². The van der Waals surface area contributed by atoms with Gasteiger partial charge in [-0.1, -0.05) is 32.0 Å². The maximum absolute atomic E-state index is 6.00. The molecule has 0 spiro atoms. The second kappa shape index (κ2) is 3.74. The van der Waals surface area contributed by atoms with Crippen LogP contribution in [0.4, 0.5) is 0 Å². The number of aryl methyl sites for hydroxylation is 1. The van der Waals surface area contributed by atoms with Crippen LogP contribution in [-0.4, -0.2) is 0 Å². The summed E-state index contributed by atoms with van der Waals surface area (Å²) >= 11 is 0. The van der Waals surface area contributed by atoms with Crippen molar-refractivity contribution in [2.75, 3.05) is 0 Å². The molecule has 1 unspecified atom stereocenters. The Bertz CT molecular complexity index is 328. The second-order valence-corrected chi connectivity index (χ2v) is 4.78. The van der Waals surface area contributed by atoms with Crippen molar-refractivity contribution >= 4 is 0 Å². The molecule has 0 amide bonds. The van der Waals surface area contributed by atoms with Gasteiger partial charge in [0.25, 0.3) is 0 Å². The van der Waals surface area contributed by atoms with Crippen molar-refractivity contribution < 1.29 is 0 Å². The van der Waals surface area contributed by atoms with Gasteiger partial charge in [-0.3, -0.25) is 0 Å². The number of rotatable bonds is 2. The van der Waals surface area contributed by atoms with E-state index in [4.69, 9.17) is 5.73 Å². The Morgan fingerprint density at radius 2 is 2.21 bits per heavy atom. The molecule has 2 rings (SSSR count). The minimum atomic E-state index is 0.290. The van der Waals surface area contributed by atoms with Crippen molar-refractivity contribution in [2.24, 2.45) is 11.7 Å². The summed E-state index contributed by atoms with van der Waals surface area (Å²) in [6, 6.07) is 7.11. The number of nitrogens with two attached hydrogens (primary N) is 1. The summed E-state index contributed by atoms with van der Waals surface area (Å²) in [6.45, 7) is 4.53. The van der Waals surface area contributed by atoms with Crippen molar-refractivity contribution in [3.8, 4) is 0 Å². The van der Waals surface area contributed by atoms with Gasteiger partial charge in [-0.05, 0) is 41.9 Å². The molecule has 1 aliphatic rings. The SMILES string of the molecule is CC(C)Cc1ccc2c(c1)CCC2N. The summed E-state index contributed by atoms with van der Waals surface area (Å²) < 4.78 is 0. The predicted molar refractivity (Wildman–Crippen MR) is 60.2 cm³/mol. The Kier molecular flexibility index (Phi) is 2.60. The zero-order chi connectivity index (χ0) is 10.1. The molecule has 1 heteroatoms. The minimum absolute atomic E-state index is 0.290. The average molecular weight is 189 g/mol. The standard InChI is InChI=1S/C13H19N/c1-9(2)7-10-3-5-12-11(8-10)4-6-13(12)14/h3,5,8-9,13H,4,6-7,14H2,1-2H3. The molecule has 0 aromatic heterocycles. The molecular formula is C13H19N. The fourth-order valence-electron chi connectivity index (χ4n) is 2.30. The van der Waals surface area contributed by atoms with E-state index in [1.807, 2.05) is 0 Å². The first-order valence-electron chi connectivity index (χ1n) is 5.54. The molecule has 14 heavy (non-hydrogen) atoms. The molecule has 0 bridgehead atoms. The van der Waals surface area contributed by atoms with E-state index in [0.29, 0.717) is 0 Å². The number of fused-ring (bicyclic) bond motifs is 1. The van der Waals surface area contributed by atoms with E-state index < -0.39 is 0 Å². The molecule has 0 heterocycles. The van der Waals surface area contributed by atoms with Crippen LogP contribution in [0, 0.1) is 5.92 Å². The summed E-state index contributed by atoms with van der Waals surface area (Å²) in [7, 11) is 0. The molecule has 0 radical (unpaired) electrons. The second-order valence-electron chi connectivity index (χ2n) is 4.78. The van der Waals surface area contributed by atoms with E-state index in [1.54, 1.807) is 0 Å². The van der Waals surface area contributed by atoms with Crippen molar-refractivity contribution in [1.82, 2.24) is 0 Å². The topological polar surface area (TPSA) is 26.0 Å². The molecule has 1 aliphatic carbocycles. The van der Waals surface area contributed by atoms with Crippen LogP contribution in [0.2, 0.25) is 0 Å². The lowest BCUT2D eigenvalue weighted by atomic mass is 9.98. The third kappa shape index (κ3) is 1.83. The highest BCUT2D eigenvalue weighted by molar-refractivity contribution is 5.37. The maximum Gasteiger partial charge on any atom is 0.0300 e. The first kappa shape index (κ1) is 9.72. The average Bonchev–Trinajstić information content (AvgIpc) is 2.46. The van der Waals surface area contributed by atoms with E-state index in [-0.39, 0.29) is 6.04 Å². The van der Waals surface area contributed by atoms with Gasteiger partial charge in [0.05, 0.1) is 0 Å². The van der Waals surface area contributed by atoms with E-state index >= 15 is 0 Å². The van der Waals surface area contributed by atoms with Gasteiger partial charge in [0.1, 0.15) is 0 Å². The van der Waals surface area contributed by atoms with Gasteiger partial charge < -0.3 is 5.73 Å². The van der Waals surface area contributed by atoms with Crippen LogP contribution in [0.1, 0.15) is 43.0 Å². The summed E-state index contributed by atoms with van der Waals surface area (Å²) in [6.07, 6.45) is 3.48. The monoisotopic (exact) mass is 189 g/mol. The van der Waals surface area contributed by atoms with Gasteiger partial charge in [0.15, 0.2) is 0 Å². The highest BCUT2D eigenvalue weighted by Gasteiger charge is 2.18. The van der Waals surface area contributed by atoms with Crippen molar-refractivity contribution in [3.63, 3.8) is 0 Å². The lowest BCUT2D eigenvalue weighted by Crippen LogP contribution is -2.05. The lowest BCUT2D eigenvalue weighted by molar-refractivity contribution is 0.647. The minimum Gasteiger partial charge on any atom is -0.324 e. The molecule has 0 fully saturated rings. The van der Waals surface area contributed by atoms with Crippen LogP contribution < -0.4 is 5.73 Å². The third-order valence-electron chi connectivity index (χ3n) is 2.98. The van der Waals surface area contributed by atoms with Gasteiger partial charge >= 0.3 is 0 Å². The lowest BCUT2D eigenvalue weighted by Gasteiger charge is -2.08. The molecule has 1 aromatic carbocycles. The smallest absolute Gasteiger partial charge is 0.0300 e. The Morgan fingerprint density at radius 1 is 1.43 bits per heavy atom. The first-order valence-corrected chi connectivity index (χ1v) is 5.54. The van der Waals surface area contributed by atoms with E-state index in [9.17, 15) is 0 Å². The van der Waals surface area contributed by atoms with Crippen LogP contribution in [0.5, 0.6) is 0 Å². The zero-order valence-corrected chi connectivity index (χ0v) is 9.09. The van der Waals surface area contributed by atoms with Crippen LogP contribution in [0.3, 0.4) is 0 Å². The molecule has 0 aliphatic heterocycles. The Balaban J connectivity index is 2.24. The normalized spacial score (nSPS) is 20.1. The zero-order valence-electron chi connectivity index (χ0n) is 9.09. The summed E-state index contributed by atoms with van der Waals surface area (Å²) in [5.41, 5.74) is 10.3. The largest absolute Gasteiger partial charge is 0.324 e. The molecule has 0 saturated heterocycles. The van der Waals surface area contributed by atoms with Crippen LogP contribution in [0.25, 0.3) is 0 Å². The van der Waals surface area contributed by atoms with E-state index in [0.717, 1.165) is 12.3 Å². The molecule has 1 aromatic rings. The molecule has 76 valence electrons. The predicted octanol–water partition coefficient (Wildman–Crippen LogP) is 2.83. The molecule has 1 nitrogen and oxygen atoms in total. The third-order valence-corrected chi connectivity index (χ3v) is 2.98. The quantitative estimate of drug-likeness (QED) is 0.760. The van der Waals surface area contributed by atoms with Gasteiger partial charge in [0.2, 0.25) is 0 Å². The summed E-state index contributed by atoms with van der Waals surface area (Å²) in [5.74, 6) is 0.739. The Morgan fingerprint density at radius 3 is 2.93 bits per heavy atom. The highest BCUT2D eigenvalue weighted by atomic mass is 14.6. The van der Waals surface area contributed by atoms with Gasteiger partial charge in [-0.25, -0.2) is 0 Å². The molecular weight excluding hydrogens is 170 g/mol. The van der Waals surface area contributed by atoms with E-state index in [1.165, 1.54) is 29.5 Å². The molecule has 1 atom stereocenters. The van der Waals surface area contributed by atoms with Crippen LogP contribution in [0.15, 0.2) is 18.2 Å². The summed E-state index contributed by atoms with van der Waals surface area (Å²) in [5, 5.41) is 0. The van der Waals surface area contributed by atoms with Crippen molar-refractivity contribution in [1.29, 1.82) is 0 Å². The fraction of sp³-hybridized carbons (Fsp3) is 0.538. The van der Waals surface area contributed by atoms with Crippen molar-refractivity contribution in [3.05, 3.63) is 34.9 Å². The Labute approximate surface area is 86.3 Å². The van der Waals surface area contributed by atoms with E-state index in [2.05, 4.69) is 32.0 Å². The summed E-state index contributed by atoms with van der Waals surface area (Å²) in [4.78, 5) is 0. The number of hydrogen-bond acceptors (Lipinski definition) is 1. The van der Waals surface area contributed by atoms with Crippen LogP contribution >= 0.6 is 0 Å². The van der Waals surface area contributed by atoms with Crippen molar-refractivity contribution in [2.45, 2.75) is 39.2 Å². The van der Waals surface area contributed by atoms with Gasteiger partial charge in [-0.2, -0.15) is 0 Å². The molecule has 0 saturated carbocycles. The fourth-order valence-corrected chi connectivity index (χ4v) is 2.30. The number of benzene rings is 1. The maximum atomic E-state index is 6.00. The van der Waals surface area contributed by atoms with Gasteiger partial charge in [0, 0.05) is 6.04 Å². The highest BCUT2D eigenvalue weighted by Crippen LogP contribution is 2.30. The number of hydrogen-bond donors (Lipinski definition) is 1. The Hall–Kier alpha value is -0.820. The van der Waals surface area contributed by atoms with Crippen LogP contribution in [-0.2, 0) is 12.8 Å². The molecule has 2 N–H and O–H groups in total. The first-order chi connectivity index (χ1) is 6.66.